The van der Waals surface area contributed by atoms with Gasteiger partial charge < -0.3 is 21.0 Å². The van der Waals surface area contributed by atoms with Gasteiger partial charge in [-0.05, 0) is 58.7 Å². The van der Waals surface area contributed by atoms with Gasteiger partial charge in [0, 0.05) is 29.0 Å². The summed E-state index contributed by atoms with van der Waals surface area (Å²) in [6.07, 6.45) is 3.43. The standard InChI is InChI=1S/C28H20N6O/c29-15-8-9-16-21(14-15)25(34-28(35)18-11-13-31-26-17(18)10-12-30-26)19-4-3-5-20(24(16)19)27-32-22-6-1-2-7-23(22)33-27/h1-14,25H,29H2,(H,30,31)(H,32,33)(H,34,35). The molecule has 1 atom stereocenters. The number of fused-ring (bicyclic) bond motifs is 5. The molecule has 3 aromatic heterocycles. The van der Waals surface area contributed by atoms with Crippen molar-refractivity contribution in [2.24, 2.45) is 0 Å². The number of amides is 1. The number of para-hydroxylation sites is 2. The van der Waals surface area contributed by atoms with Gasteiger partial charge >= 0.3 is 0 Å². The number of nitrogens with two attached hydrogens (primary N) is 1. The number of nitrogens with one attached hydrogen (secondary N) is 3. The van der Waals surface area contributed by atoms with Crippen molar-refractivity contribution in [3.8, 4) is 22.5 Å². The Balaban J connectivity index is 1.38. The van der Waals surface area contributed by atoms with Crippen molar-refractivity contribution in [2.75, 3.05) is 5.73 Å². The lowest BCUT2D eigenvalue weighted by Crippen LogP contribution is -2.28. The van der Waals surface area contributed by atoms with E-state index in [0.717, 1.165) is 50.1 Å². The summed E-state index contributed by atoms with van der Waals surface area (Å²) in [7, 11) is 0. The number of nitrogens with zero attached hydrogens (tertiary/aromatic N) is 2. The highest BCUT2D eigenvalue weighted by Gasteiger charge is 2.33. The summed E-state index contributed by atoms with van der Waals surface area (Å²) in [4.78, 5) is 29.1. The van der Waals surface area contributed by atoms with E-state index in [1.165, 1.54) is 0 Å². The molecule has 0 saturated heterocycles. The van der Waals surface area contributed by atoms with Gasteiger partial charge in [-0.15, -0.1) is 0 Å². The van der Waals surface area contributed by atoms with Crippen molar-refractivity contribution in [1.29, 1.82) is 0 Å². The molecule has 1 aliphatic rings. The number of carbonyl (C=O) groups is 1. The summed E-state index contributed by atoms with van der Waals surface area (Å²) in [5.41, 5.74) is 15.0. The van der Waals surface area contributed by atoms with E-state index in [9.17, 15) is 4.79 Å². The molecule has 1 amide bonds. The number of aromatic nitrogens is 4. The van der Waals surface area contributed by atoms with Gasteiger partial charge in [0.25, 0.3) is 5.91 Å². The number of imidazole rings is 1. The van der Waals surface area contributed by atoms with Gasteiger partial charge in [0.1, 0.15) is 11.5 Å². The molecule has 168 valence electrons. The number of benzene rings is 3. The van der Waals surface area contributed by atoms with Gasteiger partial charge in [-0.3, -0.25) is 4.79 Å². The normalized spacial score (nSPS) is 14.2. The Bertz CT molecular complexity index is 1750. The van der Waals surface area contributed by atoms with Crippen molar-refractivity contribution in [1.82, 2.24) is 25.3 Å². The molecule has 0 fully saturated rings. The van der Waals surface area contributed by atoms with Crippen LogP contribution >= 0.6 is 0 Å². The number of nitrogen functional groups attached to an aromatic ring is 1. The lowest BCUT2D eigenvalue weighted by molar-refractivity contribution is 0.0945. The molecule has 0 radical (unpaired) electrons. The van der Waals surface area contributed by atoms with Crippen LogP contribution in [0.15, 0.2) is 85.2 Å². The van der Waals surface area contributed by atoms with Crippen LogP contribution in [-0.2, 0) is 0 Å². The third-order valence-electron chi connectivity index (χ3n) is 6.69. The van der Waals surface area contributed by atoms with Crippen LogP contribution in [0.2, 0.25) is 0 Å². The van der Waals surface area contributed by atoms with Crippen LogP contribution in [0.4, 0.5) is 5.69 Å². The summed E-state index contributed by atoms with van der Waals surface area (Å²) < 4.78 is 0. The van der Waals surface area contributed by atoms with E-state index in [-0.39, 0.29) is 11.9 Å². The van der Waals surface area contributed by atoms with E-state index in [1.807, 2.05) is 54.6 Å². The number of aromatic amines is 2. The maximum atomic E-state index is 13.5. The first-order valence-electron chi connectivity index (χ1n) is 11.4. The minimum atomic E-state index is -0.345. The fourth-order valence-electron chi connectivity index (χ4n) is 5.13. The number of anilines is 1. The Labute approximate surface area is 200 Å². The molecule has 1 aliphatic carbocycles. The van der Waals surface area contributed by atoms with E-state index in [4.69, 9.17) is 10.7 Å². The predicted molar refractivity (Wildman–Crippen MR) is 137 cm³/mol. The molecule has 7 rings (SSSR count). The molecule has 0 aliphatic heterocycles. The Morgan fingerprint density at radius 3 is 2.77 bits per heavy atom. The molecule has 35 heavy (non-hydrogen) atoms. The first-order valence-corrected chi connectivity index (χ1v) is 11.4. The number of pyridine rings is 1. The lowest BCUT2D eigenvalue weighted by Gasteiger charge is -2.17. The monoisotopic (exact) mass is 456 g/mol. The van der Waals surface area contributed by atoms with Crippen LogP contribution in [0.3, 0.4) is 0 Å². The van der Waals surface area contributed by atoms with Crippen molar-refractivity contribution in [3.63, 3.8) is 0 Å². The second kappa shape index (κ2) is 7.30. The Hall–Kier alpha value is -4.91. The van der Waals surface area contributed by atoms with E-state index < -0.39 is 0 Å². The van der Waals surface area contributed by atoms with Gasteiger partial charge in [0.2, 0.25) is 0 Å². The Kier molecular flexibility index (Phi) is 4.08. The number of hydrogen-bond donors (Lipinski definition) is 4. The average molecular weight is 457 g/mol. The van der Waals surface area contributed by atoms with Gasteiger partial charge in [0.15, 0.2) is 0 Å². The highest BCUT2D eigenvalue weighted by atomic mass is 16.1. The molecule has 7 nitrogen and oxygen atoms in total. The lowest BCUT2D eigenvalue weighted by atomic mass is 9.98. The molecule has 0 saturated carbocycles. The number of H-pyrrole nitrogens is 2. The molecule has 6 aromatic rings. The Morgan fingerprint density at radius 2 is 1.86 bits per heavy atom. The second-order valence-corrected chi connectivity index (χ2v) is 8.72. The highest BCUT2D eigenvalue weighted by molar-refractivity contribution is 6.06. The second-order valence-electron chi connectivity index (χ2n) is 8.72. The van der Waals surface area contributed by atoms with Crippen molar-refractivity contribution >= 4 is 33.7 Å². The zero-order valence-corrected chi connectivity index (χ0v) is 18.5. The maximum absolute atomic E-state index is 13.5. The molecule has 3 aromatic carbocycles. The van der Waals surface area contributed by atoms with Gasteiger partial charge in [-0.1, -0.05) is 36.4 Å². The number of hydrogen-bond acceptors (Lipinski definition) is 4. The zero-order chi connectivity index (χ0) is 23.5. The minimum absolute atomic E-state index is 0.169. The van der Waals surface area contributed by atoms with Crippen molar-refractivity contribution in [3.05, 3.63) is 102 Å². The maximum Gasteiger partial charge on any atom is 0.252 e. The average Bonchev–Trinajstić information content (AvgIpc) is 3.60. The van der Waals surface area contributed by atoms with Crippen LogP contribution in [0.1, 0.15) is 27.5 Å². The molecule has 1 unspecified atom stereocenters. The third-order valence-corrected chi connectivity index (χ3v) is 6.69. The van der Waals surface area contributed by atoms with Crippen LogP contribution in [-0.4, -0.2) is 25.8 Å². The first-order chi connectivity index (χ1) is 17.2. The SMILES string of the molecule is Nc1ccc2c(c1)C(NC(=O)c1ccnc3[nH]ccc13)c1cccc(-c3nc4ccccc4[nH]3)c1-2. The van der Waals surface area contributed by atoms with Crippen LogP contribution in [0.25, 0.3) is 44.6 Å². The molecule has 5 N–H and O–H groups in total. The van der Waals surface area contributed by atoms with E-state index >= 15 is 0 Å². The van der Waals surface area contributed by atoms with Crippen LogP contribution in [0, 0.1) is 0 Å². The quantitative estimate of drug-likeness (QED) is 0.275. The van der Waals surface area contributed by atoms with Crippen LogP contribution in [0.5, 0.6) is 0 Å². The fraction of sp³-hybridized carbons (Fsp3) is 0.0357. The number of carbonyl (C=O) groups excluding carboxylic acids is 1. The summed E-state index contributed by atoms with van der Waals surface area (Å²) in [6, 6.07) is 23.2. The largest absolute Gasteiger partial charge is 0.399 e. The van der Waals surface area contributed by atoms with E-state index in [0.29, 0.717) is 16.9 Å². The van der Waals surface area contributed by atoms with Crippen molar-refractivity contribution < 1.29 is 4.79 Å². The smallest absolute Gasteiger partial charge is 0.252 e. The van der Waals surface area contributed by atoms with E-state index in [2.05, 4.69) is 32.4 Å². The molecular weight excluding hydrogens is 436 g/mol. The summed E-state index contributed by atoms with van der Waals surface area (Å²) in [6.45, 7) is 0. The van der Waals surface area contributed by atoms with Crippen molar-refractivity contribution in [2.45, 2.75) is 6.04 Å². The Morgan fingerprint density at radius 1 is 0.943 bits per heavy atom. The minimum Gasteiger partial charge on any atom is -0.399 e. The van der Waals surface area contributed by atoms with Crippen LogP contribution < -0.4 is 11.1 Å². The summed E-state index contributed by atoms with van der Waals surface area (Å²) in [5.74, 6) is 0.623. The summed E-state index contributed by atoms with van der Waals surface area (Å²) in [5, 5.41) is 4.04. The van der Waals surface area contributed by atoms with E-state index in [1.54, 1.807) is 18.5 Å². The molecule has 0 bridgehead atoms. The summed E-state index contributed by atoms with van der Waals surface area (Å²) >= 11 is 0. The third kappa shape index (κ3) is 2.95. The molecule has 3 heterocycles. The predicted octanol–water partition coefficient (Wildman–Crippen LogP) is 5.19. The topological polar surface area (TPSA) is 112 Å². The molecule has 7 heteroatoms. The molecule has 0 spiro atoms. The highest BCUT2D eigenvalue weighted by Crippen LogP contribution is 2.48. The fourth-order valence-corrected chi connectivity index (χ4v) is 5.13. The zero-order valence-electron chi connectivity index (χ0n) is 18.5. The van der Waals surface area contributed by atoms with Gasteiger partial charge in [0.05, 0.1) is 22.6 Å². The number of rotatable bonds is 3. The van der Waals surface area contributed by atoms with Gasteiger partial charge in [-0.2, -0.15) is 0 Å². The molecular formula is C28H20N6O. The first kappa shape index (κ1) is 19.5. The van der Waals surface area contributed by atoms with Gasteiger partial charge in [-0.25, -0.2) is 9.97 Å².